The highest BCUT2D eigenvalue weighted by molar-refractivity contribution is 7.09. The maximum atomic E-state index is 13.2. The standard InChI is InChI=1S/C30H28N4O2S/c35-28(32-29(24-13-6-2-7-14-24)25-15-8-3-9-16-25)18-19-34(22-26-17-10-20-36-26)30-31-27(33-37-30)21-23-11-4-1-5-12-23/h1-17,20,29H,18-19,21-22H2,(H,32,35). The smallest absolute Gasteiger partial charge is 0.222 e. The first-order valence-corrected chi connectivity index (χ1v) is 13.0. The number of anilines is 1. The number of benzene rings is 3. The van der Waals surface area contributed by atoms with Crippen LogP contribution in [0.3, 0.4) is 0 Å². The van der Waals surface area contributed by atoms with Gasteiger partial charge in [0.2, 0.25) is 11.0 Å². The maximum Gasteiger partial charge on any atom is 0.222 e. The first-order valence-electron chi connectivity index (χ1n) is 12.3. The van der Waals surface area contributed by atoms with Crippen LogP contribution < -0.4 is 10.2 Å². The van der Waals surface area contributed by atoms with Crippen LogP contribution in [0.1, 0.15) is 40.7 Å². The van der Waals surface area contributed by atoms with Crippen LogP contribution in [0.15, 0.2) is 114 Å². The third-order valence-electron chi connectivity index (χ3n) is 6.04. The van der Waals surface area contributed by atoms with E-state index >= 15 is 0 Å². The topological polar surface area (TPSA) is 71.3 Å². The SMILES string of the molecule is O=C(CCN(Cc1ccco1)c1nc(Cc2ccccc2)ns1)NC(c1ccccc1)c1ccccc1. The summed E-state index contributed by atoms with van der Waals surface area (Å²) in [5.41, 5.74) is 3.25. The molecule has 3 aromatic carbocycles. The Morgan fingerprint density at radius 2 is 1.51 bits per heavy atom. The zero-order valence-corrected chi connectivity index (χ0v) is 21.2. The molecule has 0 aliphatic carbocycles. The van der Waals surface area contributed by atoms with Crippen molar-refractivity contribution in [3.63, 3.8) is 0 Å². The number of nitrogens with one attached hydrogen (secondary N) is 1. The molecule has 0 atom stereocenters. The van der Waals surface area contributed by atoms with Crippen LogP contribution in [0.4, 0.5) is 5.13 Å². The van der Waals surface area contributed by atoms with Gasteiger partial charge in [-0.1, -0.05) is 91.0 Å². The van der Waals surface area contributed by atoms with Gasteiger partial charge in [0.15, 0.2) is 0 Å². The summed E-state index contributed by atoms with van der Waals surface area (Å²) in [5, 5.41) is 4.01. The Balaban J connectivity index is 1.29. The first-order chi connectivity index (χ1) is 18.2. The third kappa shape index (κ3) is 6.71. The zero-order chi connectivity index (χ0) is 25.3. The van der Waals surface area contributed by atoms with Gasteiger partial charge in [-0.2, -0.15) is 4.37 Å². The summed E-state index contributed by atoms with van der Waals surface area (Å²) < 4.78 is 10.2. The summed E-state index contributed by atoms with van der Waals surface area (Å²) in [6.07, 6.45) is 2.64. The molecule has 0 radical (unpaired) electrons. The molecule has 0 aliphatic rings. The fraction of sp³-hybridized carbons (Fsp3) is 0.167. The molecule has 1 amide bonds. The Morgan fingerprint density at radius 3 is 2.14 bits per heavy atom. The fourth-order valence-corrected chi connectivity index (χ4v) is 4.89. The number of amides is 1. The van der Waals surface area contributed by atoms with E-state index < -0.39 is 0 Å². The summed E-state index contributed by atoms with van der Waals surface area (Å²) in [5.74, 6) is 1.55. The molecule has 5 aromatic rings. The van der Waals surface area contributed by atoms with Crippen LogP contribution in [0.25, 0.3) is 0 Å². The van der Waals surface area contributed by atoms with E-state index in [4.69, 9.17) is 9.40 Å². The molecule has 6 nitrogen and oxygen atoms in total. The highest BCUT2D eigenvalue weighted by atomic mass is 32.1. The highest BCUT2D eigenvalue weighted by Gasteiger charge is 2.20. The van der Waals surface area contributed by atoms with Crippen LogP contribution in [0, 0.1) is 0 Å². The molecule has 0 spiro atoms. The molecular formula is C30H28N4O2S. The molecular weight excluding hydrogens is 480 g/mol. The molecule has 2 heterocycles. The molecule has 0 saturated carbocycles. The van der Waals surface area contributed by atoms with Crippen molar-refractivity contribution < 1.29 is 9.21 Å². The Kier molecular flexibility index (Phi) is 8.03. The average molecular weight is 509 g/mol. The number of carbonyl (C=O) groups is 1. The van der Waals surface area contributed by atoms with Crippen molar-refractivity contribution in [1.29, 1.82) is 0 Å². The minimum absolute atomic E-state index is 0.0313. The Hall–Kier alpha value is -4.23. The largest absolute Gasteiger partial charge is 0.467 e. The lowest BCUT2D eigenvalue weighted by atomic mass is 9.98. The van der Waals surface area contributed by atoms with E-state index in [-0.39, 0.29) is 11.9 Å². The van der Waals surface area contributed by atoms with E-state index in [1.54, 1.807) is 6.26 Å². The molecule has 37 heavy (non-hydrogen) atoms. The van der Waals surface area contributed by atoms with Gasteiger partial charge < -0.3 is 14.6 Å². The van der Waals surface area contributed by atoms with Crippen molar-refractivity contribution in [2.24, 2.45) is 0 Å². The van der Waals surface area contributed by atoms with Crippen molar-refractivity contribution in [3.8, 4) is 0 Å². The van der Waals surface area contributed by atoms with Gasteiger partial charge in [-0.05, 0) is 28.8 Å². The quantitative estimate of drug-likeness (QED) is 0.236. The molecule has 0 aliphatic heterocycles. The van der Waals surface area contributed by atoms with Crippen LogP contribution >= 0.6 is 11.5 Å². The Bertz CT molecular complexity index is 1330. The lowest BCUT2D eigenvalue weighted by Crippen LogP contribution is -2.33. The highest BCUT2D eigenvalue weighted by Crippen LogP contribution is 2.24. The number of hydrogen-bond donors (Lipinski definition) is 1. The van der Waals surface area contributed by atoms with Crippen molar-refractivity contribution in [2.75, 3.05) is 11.4 Å². The summed E-state index contributed by atoms with van der Waals surface area (Å²) in [4.78, 5) is 20.0. The maximum absolute atomic E-state index is 13.2. The van der Waals surface area contributed by atoms with Gasteiger partial charge in [0.05, 0.1) is 18.8 Å². The van der Waals surface area contributed by atoms with Crippen LogP contribution in [-0.4, -0.2) is 21.8 Å². The van der Waals surface area contributed by atoms with Gasteiger partial charge in [0.25, 0.3) is 0 Å². The minimum atomic E-state index is -0.215. The molecule has 5 rings (SSSR count). The molecule has 0 unspecified atom stereocenters. The predicted molar refractivity (Wildman–Crippen MR) is 146 cm³/mol. The van der Waals surface area contributed by atoms with Crippen molar-refractivity contribution in [1.82, 2.24) is 14.7 Å². The Labute approximate surface area is 220 Å². The monoisotopic (exact) mass is 508 g/mol. The van der Waals surface area contributed by atoms with Gasteiger partial charge in [-0.25, -0.2) is 4.98 Å². The fourth-order valence-electron chi connectivity index (χ4n) is 4.18. The number of hydrogen-bond acceptors (Lipinski definition) is 6. The van der Waals surface area contributed by atoms with Gasteiger partial charge in [0.1, 0.15) is 11.6 Å². The second kappa shape index (κ2) is 12.1. The Morgan fingerprint density at radius 1 is 0.865 bits per heavy atom. The normalized spacial score (nSPS) is 10.9. The minimum Gasteiger partial charge on any atom is -0.467 e. The van der Waals surface area contributed by atoms with Gasteiger partial charge in [-0.3, -0.25) is 4.79 Å². The van der Waals surface area contributed by atoms with E-state index in [0.29, 0.717) is 25.9 Å². The number of furan rings is 1. The van der Waals surface area contributed by atoms with Gasteiger partial charge >= 0.3 is 0 Å². The zero-order valence-electron chi connectivity index (χ0n) is 20.4. The summed E-state index contributed by atoms with van der Waals surface area (Å²) >= 11 is 1.35. The van der Waals surface area contributed by atoms with E-state index in [2.05, 4.69) is 26.7 Å². The van der Waals surface area contributed by atoms with Crippen molar-refractivity contribution in [2.45, 2.75) is 25.4 Å². The predicted octanol–water partition coefficient (Wildman–Crippen LogP) is 6.02. The molecule has 0 fully saturated rings. The number of carbonyl (C=O) groups excluding carboxylic acids is 1. The lowest BCUT2D eigenvalue weighted by Gasteiger charge is -2.23. The van der Waals surface area contributed by atoms with E-state index in [1.807, 2.05) is 91.0 Å². The van der Waals surface area contributed by atoms with E-state index in [9.17, 15) is 4.79 Å². The van der Waals surface area contributed by atoms with Gasteiger partial charge in [0, 0.05) is 30.9 Å². The van der Waals surface area contributed by atoms with E-state index in [1.165, 1.54) is 11.5 Å². The number of aromatic nitrogens is 2. The van der Waals surface area contributed by atoms with Crippen LogP contribution in [-0.2, 0) is 17.8 Å². The second-order valence-corrected chi connectivity index (χ2v) is 9.46. The second-order valence-electron chi connectivity index (χ2n) is 8.73. The van der Waals surface area contributed by atoms with Crippen molar-refractivity contribution in [3.05, 3.63) is 138 Å². The molecule has 1 N–H and O–H groups in total. The lowest BCUT2D eigenvalue weighted by molar-refractivity contribution is -0.121. The molecule has 7 heteroatoms. The molecule has 2 aromatic heterocycles. The summed E-state index contributed by atoms with van der Waals surface area (Å²) in [6, 6.07) is 33.8. The summed E-state index contributed by atoms with van der Waals surface area (Å²) in [6.45, 7) is 1.00. The first kappa shape index (κ1) is 24.5. The van der Waals surface area contributed by atoms with Gasteiger partial charge in [-0.15, -0.1) is 0 Å². The number of nitrogens with zero attached hydrogens (tertiary/aromatic N) is 3. The molecule has 0 saturated heterocycles. The molecule has 186 valence electrons. The average Bonchev–Trinajstić information content (AvgIpc) is 3.64. The third-order valence-corrected chi connectivity index (χ3v) is 6.85. The molecule has 0 bridgehead atoms. The number of rotatable bonds is 11. The van der Waals surface area contributed by atoms with Crippen molar-refractivity contribution >= 4 is 22.6 Å². The van der Waals surface area contributed by atoms with Crippen LogP contribution in [0.5, 0.6) is 0 Å². The van der Waals surface area contributed by atoms with E-state index in [0.717, 1.165) is 33.4 Å². The summed E-state index contributed by atoms with van der Waals surface area (Å²) in [7, 11) is 0. The van der Waals surface area contributed by atoms with Crippen LogP contribution in [0.2, 0.25) is 0 Å².